The van der Waals surface area contributed by atoms with Gasteiger partial charge in [0.15, 0.2) is 0 Å². The minimum Gasteiger partial charge on any atom is -0.129 e. The van der Waals surface area contributed by atoms with Crippen LogP contribution in [0.25, 0.3) is 0 Å². The summed E-state index contributed by atoms with van der Waals surface area (Å²) in [5, 5.41) is 3.33. The van der Waals surface area contributed by atoms with Gasteiger partial charge < -0.3 is 0 Å². The second-order valence-corrected chi connectivity index (χ2v) is 7.35. The summed E-state index contributed by atoms with van der Waals surface area (Å²) < 4.78 is 0. The van der Waals surface area contributed by atoms with Gasteiger partial charge in [0.05, 0.1) is 5.71 Å². The summed E-state index contributed by atoms with van der Waals surface area (Å²) in [7, 11) is 0. The van der Waals surface area contributed by atoms with Crippen LogP contribution in [-0.2, 0) is 0 Å². The minimum atomic E-state index is 0.542. The summed E-state index contributed by atoms with van der Waals surface area (Å²) in [5.41, 5.74) is 2.62. The summed E-state index contributed by atoms with van der Waals surface area (Å²) in [4.78, 5) is 0. The Morgan fingerprint density at radius 3 is 2.95 bits per heavy atom. The third-order valence-corrected chi connectivity index (χ3v) is 6.43. The van der Waals surface area contributed by atoms with Crippen molar-refractivity contribution in [2.24, 2.45) is 34.2 Å². The summed E-state index contributed by atoms with van der Waals surface area (Å²) in [6.45, 7) is 2.52. The van der Waals surface area contributed by atoms with Crippen molar-refractivity contribution in [3.05, 3.63) is 36.0 Å². The van der Waals surface area contributed by atoms with Gasteiger partial charge in [-0.2, -0.15) is 0 Å². The van der Waals surface area contributed by atoms with Crippen molar-refractivity contribution in [2.45, 2.75) is 39.0 Å². The highest BCUT2D eigenvalue weighted by Gasteiger charge is 2.50. The molecule has 0 aromatic carbocycles. The molecule has 0 heterocycles. The van der Waals surface area contributed by atoms with Crippen LogP contribution >= 0.6 is 0 Å². The van der Waals surface area contributed by atoms with Gasteiger partial charge in [0, 0.05) is 5.92 Å². The molecule has 2 saturated carbocycles. The average Bonchev–Trinajstić information content (AvgIpc) is 2.88. The molecule has 2 radical (unpaired) electrons. The van der Waals surface area contributed by atoms with Gasteiger partial charge in [0.1, 0.15) is 0 Å². The monoisotopic (exact) mass is 266 g/mol. The lowest BCUT2D eigenvalue weighted by Gasteiger charge is -2.49. The van der Waals surface area contributed by atoms with Crippen molar-refractivity contribution in [1.82, 2.24) is 5.84 Å². The molecule has 0 bridgehead atoms. The molecular weight excluding hydrogens is 244 g/mol. The number of allylic oxidation sites excluding steroid dienone is 6. The van der Waals surface area contributed by atoms with Crippen molar-refractivity contribution >= 4 is 5.71 Å². The lowest BCUT2D eigenvalue weighted by Crippen LogP contribution is -2.42. The van der Waals surface area contributed by atoms with Gasteiger partial charge in [0.2, 0.25) is 0 Å². The summed E-state index contributed by atoms with van der Waals surface area (Å²) in [6, 6.07) is 0. The lowest BCUT2D eigenvalue weighted by molar-refractivity contribution is 0.0512. The largest absolute Gasteiger partial charge is 0.129 e. The van der Waals surface area contributed by atoms with E-state index in [0.29, 0.717) is 17.0 Å². The van der Waals surface area contributed by atoms with E-state index < -0.39 is 0 Å². The van der Waals surface area contributed by atoms with Crippen LogP contribution < -0.4 is 5.84 Å². The van der Waals surface area contributed by atoms with Crippen LogP contribution in [0.5, 0.6) is 0 Å². The van der Waals surface area contributed by atoms with Crippen LogP contribution in [0.4, 0.5) is 0 Å². The normalized spacial score (nSPS) is 47.6. The first-order valence-corrected chi connectivity index (χ1v) is 8.01. The summed E-state index contributed by atoms with van der Waals surface area (Å²) in [5.74, 6) is 11.9. The van der Waals surface area contributed by atoms with Crippen LogP contribution in [0.1, 0.15) is 39.0 Å². The van der Waals surface area contributed by atoms with E-state index in [1.807, 2.05) is 12.2 Å². The molecule has 0 unspecified atom stereocenters. The molecule has 4 aliphatic carbocycles. The fraction of sp³-hybridized carbons (Fsp3) is 0.611. The van der Waals surface area contributed by atoms with Gasteiger partial charge in [0.25, 0.3) is 0 Å². The zero-order valence-corrected chi connectivity index (χ0v) is 12.1. The molecule has 5 atom stereocenters. The van der Waals surface area contributed by atoms with Crippen LogP contribution in [0.2, 0.25) is 0 Å². The highest BCUT2D eigenvalue weighted by atomic mass is 15.1. The molecule has 20 heavy (non-hydrogen) atoms. The first kappa shape index (κ1) is 12.4. The molecule has 104 valence electrons. The van der Waals surface area contributed by atoms with Gasteiger partial charge >= 0.3 is 0 Å². The summed E-state index contributed by atoms with van der Waals surface area (Å²) >= 11 is 0. The van der Waals surface area contributed by atoms with Gasteiger partial charge in [-0.05, 0) is 72.4 Å². The highest BCUT2D eigenvalue weighted by molar-refractivity contribution is 6.05. The van der Waals surface area contributed by atoms with Crippen molar-refractivity contribution in [2.75, 3.05) is 0 Å². The van der Waals surface area contributed by atoms with Crippen LogP contribution in [-0.4, -0.2) is 5.71 Å². The molecule has 2 heteroatoms. The molecule has 0 aromatic rings. The Morgan fingerprint density at radius 1 is 1.20 bits per heavy atom. The number of hydrogen-bond acceptors (Lipinski definition) is 1. The Balaban J connectivity index is 1.70. The van der Waals surface area contributed by atoms with E-state index in [-0.39, 0.29) is 0 Å². The number of rotatable bonds is 0. The van der Waals surface area contributed by atoms with Crippen molar-refractivity contribution in [3.8, 4) is 0 Å². The van der Waals surface area contributed by atoms with Crippen LogP contribution in [0, 0.1) is 29.1 Å². The van der Waals surface area contributed by atoms with Crippen molar-refractivity contribution < 1.29 is 0 Å². The van der Waals surface area contributed by atoms with E-state index in [0.717, 1.165) is 17.8 Å². The topological polar surface area (TPSA) is 34.7 Å². The standard InChI is InChI=1S/C18H22N2/c1-18-9-2-3-17(18)16-6-4-12-11-13(20-19)5-7-14(12)15(16)8-10-18/h4-7,11,14-17H,2-3,8-10H2,1H3/t14-,15+,16+,17-,18-/m0/s1. The Labute approximate surface area is 121 Å². The van der Waals surface area contributed by atoms with Crippen LogP contribution in [0.3, 0.4) is 0 Å². The fourth-order valence-electron chi connectivity index (χ4n) is 5.37. The predicted octanol–water partition coefficient (Wildman–Crippen LogP) is 3.93. The van der Waals surface area contributed by atoms with E-state index >= 15 is 0 Å². The predicted molar refractivity (Wildman–Crippen MR) is 81.1 cm³/mol. The first-order chi connectivity index (χ1) is 9.71. The second kappa shape index (κ2) is 4.34. The van der Waals surface area contributed by atoms with E-state index in [2.05, 4.69) is 30.3 Å². The molecule has 2 fully saturated rings. The first-order valence-electron chi connectivity index (χ1n) is 8.01. The maximum atomic E-state index is 8.94. The Morgan fingerprint density at radius 2 is 2.10 bits per heavy atom. The van der Waals surface area contributed by atoms with Gasteiger partial charge in [-0.3, -0.25) is 0 Å². The second-order valence-electron chi connectivity index (χ2n) is 7.35. The Bertz CT molecular complexity index is 540. The molecule has 4 rings (SSSR count). The van der Waals surface area contributed by atoms with Crippen molar-refractivity contribution in [3.63, 3.8) is 0 Å². The van der Waals surface area contributed by atoms with E-state index in [1.54, 1.807) is 0 Å². The van der Waals surface area contributed by atoms with E-state index in [4.69, 9.17) is 5.84 Å². The maximum Gasteiger partial charge on any atom is 0.0875 e. The molecule has 0 aromatic heterocycles. The van der Waals surface area contributed by atoms with Gasteiger partial charge in [-0.1, -0.05) is 31.6 Å². The molecule has 0 saturated heterocycles. The quantitative estimate of drug-likeness (QED) is 0.596. The molecule has 0 aliphatic heterocycles. The molecule has 0 N–H and O–H groups in total. The molecule has 2 nitrogen and oxygen atoms in total. The molecular formula is C18H22N2. The SMILES string of the molecule is C[C@@]12CCC[C@H]1[C@@H]1C=CC3=CC(=N[N])C=C[C@@H]3[C@H]1CC2. The van der Waals surface area contributed by atoms with E-state index in [1.165, 1.54) is 37.7 Å². The van der Waals surface area contributed by atoms with Gasteiger partial charge in [-0.25, -0.2) is 0 Å². The highest BCUT2D eigenvalue weighted by Crippen LogP contribution is 2.59. The molecule has 0 amide bonds. The fourth-order valence-corrected chi connectivity index (χ4v) is 5.37. The summed E-state index contributed by atoms with van der Waals surface area (Å²) in [6.07, 6.45) is 18.1. The molecule has 4 aliphatic rings. The zero-order chi connectivity index (χ0) is 13.7. The lowest BCUT2D eigenvalue weighted by atomic mass is 9.55. The van der Waals surface area contributed by atoms with Gasteiger partial charge in [-0.15, -0.1) is 5.10 Å². The third-order valence-electron chi connectivity index (χ3n) is 6.43. The average molecular weight is 266 g/mol. The third kappa shape index (κ3) is 1.66. The zero-order valence-electron chi connectivity index (χ0n) is 12.1. The number of hydrogen-bond donors (Lipinski definition) is 0. The van der Waals surface area contributed by atoms with E-state index in [9.17, 15) is 0 Å². The smallest absolute Gasteiger partial charge is 0.0875 e. The number of nitrogens with zero attached hydrogens (tertiary/aromatic N) is 2. The molecule has 0 spiro atoms. The Kier molecular flexibility index (Phi) is 2.70. The minimum absolute atomic E-state index is 0.542. The van der Waals surface area contributed by atoms with Crippen molar-refractivity contribution in [1.29, 1.82) is 0 Å². The Hall–Kier alpha value is -1.31. The van der Waals surface area contributed by atoms with Crippen LogP contribution in [0.15, 0.2) is 41.1 Å². The number of fused-ring (bicyclic) bond motifs is 5. The maximum absolute atomic E-state index is 8.94.